The Morgan fingerprint density at radius 2 is 1.28 bits per heavy atom. The van der Waals surface area contributed by atoms with Crippen LogP contribution in [0.4, 0.5) is 5.69 Å². The number of anilines is 1. The molecule has 0 fully saturated rings. The average molecular weight is 656 g/mol. The third kappa shape index (κ3) is 5.54. The van der Waals surface area contributed by atoms with Gasteiger partial charge in [-0.3, -0.25) is 14.6 Å². The number of benzene rings is 5. The van der Waals surface area contributed by atoms with Crippen molar-refractivity contribution in [2.24, 2.45) is 9.98 Å². The Kier molecular flexibility index (Phi) is 8.39. The number of amides is 2. The molecule has 7 aromatic rings. The number of imide groups is 1. The maximum atomic E-state index is 14.4. The van der Waals surface area contributed by atoms with Crippen LogP contribution in [0.25, 0.3) is 50.0 Å². The van der Waals surface area contributed by atoms with Crippen LogP contribution in [0, 0.1) is 13.8 Å². The van der Waals surface area contributed by atoms with Crippen molar-refractivity contribution in [2.45, 2.75) is 20.8 Å². The summed E-state index contributed by atoms with van der Waals surface area (Å²) in [5.41, 5.74) is 6.46. The quantitative estimate of drug-likeness (QED) is 0.107. The second-order valence-corrected chi connectivity index (χ2v) is 11.8. The number of para-hydroxylation sites is 2. The van der Waals surface area contributed by atoms with Crippen LogP contribution in [0.15, 0.2) is 125 Å². The van der Waals surface area contributed by atoms with E-state index in [1.165, 1.54) is 4.90 Å². The summed E-state index contributed by atoms with van der Waals surface area (Å²) < 4.78 is 2.08. The average Bonchev–Trinajstić information content (AvgIpc) is 3.61. The van der Waals surface area contributed by atoms with Gasteiger partial charge in [-0.1, -0.05) is 72.8 Å². The van der Waals surface area contributed by atoms with Gasteiger partial charge in [0.1, 0.15) is 17.5 Å². The van der Waals surface area contributed by atoms with Crippen LogP contribution in [-0.2, 0) is 0 Å². The highest BCUT2D eigenvalue weighted by Gasteiger charge is 2.40. The molecule has 2 amide bonds. The molecule has 0 spiro atoms. The van der Waals surface area contributed by atoms with Crippen molar-refractivity contribution >= 4 is 51.9 Å². The summed E-state index contributed by atoms with van der Waals surface area (Å²) in [6.07, 6.45) is 0. The van der Waals surface area contributed by atoms with Gasteiger partial charge in [0, 0.05) is 28.9 Å². The predicted octanol–water partition coefficient (Wildman–Crippen LogP) is 8.46. The monoisotopic (exact) mass is 655 g/mol. The molecule has 9 heteroatoms. The summed E-state index contributed by atoms with van der Waals surface area (Å²) in [5.74, 6) is 1.99. The summed E-state index contributed by atoms with van der Waals surface area (Å²) in [4.78, 5) is 50.3. The van der Waals surface area contributed by atoms with E-state index in [2.05, 4.69) is 48.4 Å². The van der Waals surface area contributed by atoms with Gasteiger partial charge >= 0.3 is 0 Å². The number of aromatic nitrogens is 4. The third-order valence-corrected chi connectivity index (χ3v) is 8.71. The standard InChI is InChI=1S/C37H25N5O2.C4H8N2/c1-22-38-23(2)40-35(39-22)25-19-20-32-29(21-25)27-14-7-9-17-31(27)41(32)33-18-10-15-28-34(33)37(44)42(36(28)43)30-16-8-6-13-26(30)24-11-4-3-5-12-24;1-4(5-2)6-3/h3-21H,1-2H3;2H2,1,3H3. The zero-order valence-corrected chi connectivity index (χ0v) is 28.1. The van der Waals surface area contributed by atoms with E-state index in [0.29, 0.717) is 40.0 Å². The van der Waals surface area contributed by atoms with Gasteiger partial charge in [-0.2, -0.15) is 0 Å². The van der Waals surface area contributed by atoms with E-state index in [9.17, 15) is 9.59 Å². The Bertz CT molecular complexity index is 2480. The third-order valence-electron chi connectivity index (χ3n) is 8.71. The van der Waals surface area contributed by atoms with E-state index >= 15 is 0 Å². The molecule has 0 saturated heterocycles. The first-order valence-electron chi connectivity index (χ1n) is 16.1. The molecule has 2 aromatic heterocycles. The van der Waals surface area contributed by atoms with E-state index in [0.717, 1.165) is 44.3 Å². The van der Waals surface area contributed by atoms with Crippen molar-refractivity contribution in [1.29, 1.82) is 0 Å². The van der Waals surface area contributed by atoms with Crippen LogP contribution in [-0.4, -0.2) is 50.9 Å². The topological polar surface area (TPSA) is 106 Å². The van der Waals surface area contributed by atoms with E-state index in [-0.39, 0.29) is 11.8 Å². The fourth-order valence-corrected chi connectivity index (χ4v) is 6.39. The maximum Gasteiger partial charge on any atom is 0.268 e. The minimum absolute atomic E-state index is 0.334. The lowest BCUT2D eigenvalue weighted by Crippen LogP contribution is -2.30. The van der Waals surface area contributed by atoms with Crippen molar-refractivity contribution in [1.82, 2.24) is 19.5 Å². The van der Waals surface area contributed by atoms with Crippen LogP contribution in [0.5, 0.6) is 0 Å². The van der Waals surface area contributed by atoms with Crippen LogP contribution in [0.1, 0.15) is 39.3 Å². The summed E-state index contributed by atoms with van der Waals surface area (Å²) in [6.45, 7) is 8.77. The van der Waals surface area contributed by atoms with Crippen LogP contribution in [0.3, 0.4) is 0 Å². The fraction of sp³-hybridized carbons (Fsp3) is 0.0976. The largest absolute Gasteiger partial charge is 0.308 e. The number of rotatable bonds is 4. The van der Waals surface area contributed by atoms with Crippen molar-refractivity contribution in [3.8, 4) is 28.2 Å². The van der Waals surface area contributed by atoms with E-state index in [1.54, 1.807) is 20.0 Å². The molecule has 5 aromatic carbocycles. The van der Waals surface area contributed by atoms with Gasteiger partial charge in [-0.05, 0) is 75.5 Å². The molecule has 0 N–H and O–H groups in total. The van der Waals surface area contributed by atoms with E-state index in [4.69, 9.17) is 0 Å². The smallest absolute Gasteiger partial charge is 0.268 e. The number of fused-ring (bicyclic) bond motifs is 4. The molecule has 9 nitrogen and oxygen atoms in total. The number of hydrogen-bond donors (Lipinski definition) is 0. The van der Waals surface area contributed by atoms with Crippen molar-refractivity contribution < 1.29 is 9.59 Å². The summed E-state index contributed by atoms with van der Waals surface area (Å²) in [6, 6.07) is 37.0. The predicted molar refractivity (Wildman–Crippen MR) is 201 cm³/mol. The van der Waals surface area contributed by atoms with Crippen LogP contribution in [0.2, 0.25) is 0 Å². The Balaban J connectivity index is 0.000000603. The lowest BCUT2D eigenvalue weighted by Gasteiger charge is -2.18. The first-order valence-corrected chi connectivity index (χ1v) is 16.1. The molecule has 0 radical (unpaired) electrons. The normalized spacial score (nSPS) is 12.6. The second kappa shape index (κ2) is 13.1. The van der Waals surface area contributed by atoms with Gasteiger partial charge in [-0.25, -0.2) is 24.8 Å². The minimum atomic E-state index is -0.345. The minimum Gasteiger partial charge on any atom is -0.308 e. The number of amidine groups is 1. The number of aryl methyl sites for hydroxylation is 2. The van der Waals surface area contributed by atoms with Crippen molar-refractivity contribution in [3.63, 3.8) is 0 Å². The molecule has 50 heavy (non-hydrogen) atoms. The molecule has 0 saturated carbocycles. The Morgan fingerprint density at radius 1 is 0.640 bits per heavy atom. The Morgan fingerprint density at radius 3 is 2.00 bits per heavy atom. The Hall–Kier alpha value is -6.61. The lowest BCUT2D eigenvalue weighted by atomic mass is 10.0. The highest BCUT2D eigenvalue weighted by atomic mass is 16.2. The highest BCUT2D eigenvalue weighted by molar-refractivity contribution is 6.36. The number of carbonyl (C=O) groups is 2. The molecular weight excluding hydrogens is 622 g/mol. The first-order chi connectivity index (χ1) is 24.3. The summed E-state index contributed by atoms with van der Waals surface area (Å²) in [7, 11) is 1.68. The van der Waals surface area contributed by atoms with Gasteiger partial charge in [0.15, 0.2) is 5.82 Å². The summed E-state index contributed by atoms with van der Waals surface area (Å²) >= 11 is 0. The van der Waals surface area contributed by atoms with Gasteiger partial charge in [-0.15, -0.1) is 0 Å². The molecule has 0 aliphatic carbocycles. The Labute approximate surface area is 289 Å². The highest BCUT2D eigenvalue weighted by Crippen LogP contribution is 2.40. The zero-order chi connectivity index (χ0) is 34.9. The molecule has 8 rings (SSSR count). The number of carbonyl (C=O) groups excluding carboxylic acids is 2. The molecule has 1 aliphatic heterocycles. The fourth-order valence-electron chi connectivity index (χ4n) is 6.39. The molecule has 0 bridgehead atoms. The van der Waals surface area contributed by atoms with Gasteiger partial charge < -0.3 is 4.57 Å². The van der Waals surface area contributed by atoms with Crippen LogP contribution < -0.4 is 4.90 Å². The van der Waals surface area contributed by atoms with Crippen molar-refractivity contribution in [2.75, 3.05) is 11.9 Å². The molecule has 0 atom stereocenters. The van der Waals surface area contributed by atoms with Gasteiger partial charge in [0.2, 0.25) is 0 Å². The molecular formula is C41H33N7O2. The number of aliphatic imine (C=N–C) groups is 2. The van der Waals surface area contributed by atoms with Gasteiger partial charge in [0.25, 0.3) is 11.8 Å². The van der Waals surface area contributed by atoms with E-state index < -0.39 is 0 Å². The lowest BCUT2D eigenvalue weighted by molar-refractivity contribution is 0.0926. The van der Waals surface area contributed by atoms with Crippen LogP contribution >= 0.6 is 0 Å². The summed E-state index contributed by atoms with van der Waals surface area (Å²) in [5, 5.41) is 2.02. The number of hydrogen-bond acceptors (Lipinski definition) is 6. The molecule has 0 unspecified atom stereocenters. The molecule has 1 aliphatic rings. The first kappa shape index (κ1) is 32.0. The molecule has 3 heterocycles. The zero-order valence-electron chi connectivity index (χ0n) is 28.1. The van der Waals surface area contributed by atoms with E-state index in [1.807, 2.05) is 111 Å². The van der Waals surface area contributed by atoms with Gasteiger partial charge in [0.05, 0.1) is 33.5 Å². The second-order valence-electron chi connectivity index (χ2n) is 11.8. The SMILES string of the molecule is C=NC(C)=NC.Cc1nc(C)nc(-c2ccc3c(c2)c2ccccc2n3-c2cccc3c2C(=O)N(c2ccccc2-c2ccccc2)C3=O)n1. The maximum absolute atomic E-state index is 14.4. The number of nitrogens with zero attached hydrogens (tertiary/aromatic N) is 7. The molecule has 244 valence electrons. The van der Waals surface area contributed by atoms with Crippen molar-refractivity contribution in [3.05, 3.63) is 138 Å².